The number of nitriles is 1. The molecule has 0 amide bonds. The van der Waals surface area contributed by atoms with Crippen LogP contribution in [0, 0.1) is 14.9 Å². The number of pyridine rings is 1. The quantitative estimate of drug-likeness (QED) is 0.770. The molecule has 0 radical (unpaired) electrons. The Balaban J connectivity index is 3.42. The Hall–Kier alpha value is -0.680. The third-order valence-electron chi connectivity index (χ3n) is 1.49. The van der Waals surface area contributed by atoms with Gasteiger partial charge in [0.15, 0.2) is 0 Å². The zero-order valence-electron chi connectivity index (χ0n) is 7.57. The van der Waals surface area contributed by atoms with Gasteiger partial charge in [0, 0.05) is 6.26 Å². The molecular formula is C8H7IN2O2S. The van der Waals surface area contributed by atoms with Crippen molar-refractivity contribution in [3.63, 3.8) is 0 Å². The van der Waals surface area contributed by atoms with Gasteiger partial charge in [-0.05, 0) is 28.7 Å². The van der Waals surface area contributed by atoms with Gasteiger partial charge in [-0.3, -0.25) is 4.21 Å². The second-order valence-electron chi connectivity index (χ2n) is 2.40. The third kappa shape index (κ3) is 2.22. The van der Waals surface area contributed by atoms with E-state index in [1.165, 1.54) is 13.4 Å². The predicted octanol–water partition coefficient (Wildman–Crippen LogP) is 1.30. The Kier molecular flexibility index (Phi) is 3.83. The Morgan fingerprint density at radius 1 is 1.71 bits per heavy atom. The van der Waals surface area contributed by atoms with E-state index in [1.54, 1.807) is 6.07 Å². The number of rotatable bonds is 2. The zero-order valence-corrected chi connectivity index (χ0v) is 10.5. The fourth-order valence-corrected chi connectivity index (χ4v) is 2.18. The zero-order chi connectivity index (χ0) is 10.7. The van der Waals surface area contributed by atoms with Crippen molar-refractivity contribution >= 4 is 33.4 Å². The van der Waals surface area contributed by atoms with Crippen molar-refractivity contribution in [1.82, 2.24) is 4.98 Å². The van der Waals surface area contributed by atoms with Crippen LogP contribution < -0.4 is 4.74 Å². The van der Waals surface area contributed by atoms with Crippen molar-refractivity contribution in [2.45, 2.75) is 5.03 Å². The summed E-state index contributed by atoms with van der Waals surface area (Å²) in [7, 11) is 0.208. The molecule has 0 aromatic carbocycles. The summed E-state index contributed by atoms with van der Waals surface area (Å²) in [6.07, 6.45) is 1.48. The van der Waals surface area contributed by atoms with Gasteiger partial charge in [-0.1, -0.05) is 0 Å². The molecule has 4 nitrogen and oxygen atoms in total. The Bertz CT molecular complexity index is 428. The maximum Gasteiger partial charge on any atom is 0.228 e. The lowest BCUT2D eigenvalue weighted by Gasteiger charge is -2.05. The van der Waals surface area contributed by atoms with E-state index in [9.17, 15) is 4.21 Å². The van der Waals surface area contributed by atoms with Gasteiger partial charge in [-0.2, -0.15) is 5.26 Å². The summed E-state index contributed by atoms with van der Waals surface area (Å²) in [6.45, 7) is 0. The number of nitrogens with zero attached hydrogens (tertiary/aromatic N) is 2. The topological polar surface area (TPSA) is 63.0 Å². The molecule has 14 heavy (non-hydrogen) atoms. The third-order valence-corrected chi connectivity index (χ3v) is 3.12. The van der Waals surface area contributed by atoms with Crippen LogP contribution in [0.1, 0.15) is 5.56 Å². The molecule has 1 aromatic heterocycles. The number of ether oxygens (including phenoxy) is 1. The van der Waals surface area contributed by atoms with E-state index < -0.39 is 10.8 Å². The van der Waals surface area contributed by atoms with Gasteiger partial charge in [-0.15, -0.1) is 0 Å². The fraction of sp³-hybridized carbons (Fsp3) is 0.250. The van der Waals surface area contributed by atoms with E-state index >= 15 is 0 Å². The molecule has 1 rings (SSSR count). The highest BCUT2D eigenvalue weighted by atomic mass is 127. The molecule has 6 heteroatoms. The minimum atomic E-state index is -1.28. The maximum atomic E-state index is 11.2. The number of aromatic nitrogens is 1. The lowest BCUT2D eigenvalue weighted by molar-refractivity contribution is 0.391. The average molecular weight is 322 g/mol. The highest BCUT2D eigenvalue weighted by molar-refractivity contribution is 14.1. The van der Waals surface area contributed by atoms with E-state index in [-0.39, 0.29) is 5.03 Å². The molecule has 1 heterocycles. The summed E-state index contributed by atoms with van der Waals surface area (Å²) >= 11 is 2.01. The monoisotopic (exact) mass is 322 g/mol. The number of hydrogen-bond donors (Lipinski definition) is 0. The first kappa shape index (κ1) is 11.4. The minimum absolute atomic E-state index is 0.268. The van der Waals surface area contributed by atoms with E-state index in [4.69, 9.17) is 10.00 Å². The number of halogens is 1. The summed E-state index contributed by atoms with van der Waals surface area (Å²) in [5, 5.41) is 9.06. The van der Waals surface area contributed by atoms with E-state index in [1.807, 2.05) is 28.7 Å². The Morgan fingerprint density at radius 2 is 2.36 bits per heavy atom. The summed E-state index contributed by atoms with van der Waals surface area (Å²) in [5.74, 6) is 0.398. The summed E-state index contributed by atoms with van der Waals surface area (Å²) in [5.41, 5.74) is 0.330. The van der Waals surface area contributed by atoms with E-state index in [2.05, 4.69) is 4.98 Å². The fourth-order valence-electron chi connectivity index (χ4n) is 0.898. The molecule has 0 saturated carbocycles. The van der Waals surface area contributed by atoms with Gasteiger partial charge in [0.1, 0.15) is 11.1 Å². The molecule has 1 unspecified atom stereocenters. The smallest absolute Gasteiger partial charge is 0.228 e. The Labute approximate surface area is 97.9 Å². The van der Waals surface area contributed by atoms with Crippen LogP contribution in [-0.4, -0.2) is 22.6 Å². The van der Waals surface area contributed by atoms with Gasteiger partial charge in [0.05, 0.1) is 27.0 Å². The van der Waals surface area contributed by atoms with Crippen LogP contribution in [0.15, 0.2) is 11.1 Å². The molecule has 1 aromatic rings. The van der Waals surface area contributed by atoms with Crippen molar-refractivity contribution in [3.8, 4) is 11.9 Å². The molecular weight excluding hydrogens is 315 g/mol. The number of methoxy groups -OCH3 is 1. The molecule has 1 atom stereocenters. The molecule has 0 bridgehead atoms. The maximum absolute atomic E-state index is 11.2. The standard InChI is InChI=1S/C8H7IN2O2S/c1-13-7-6(9)3-5(4-10)8(11-7)14(2)12/h3H,1-2H3. The SMILES string of the molecule is COc1nc(S(C)=O)c(C#N)cc1I. The second-order valence-corrected chi connectivity index (χ2v) is 4.86. The minimum Gasteiger partial charge on any atom is -0.480 e. The molecule has 0 aliphatic heterocycles. The van der Waals surface area contributed by atoms with Gasteiger partial charge >= 0.3 is 0 Å². The van der Waals surface area contributed by atoms with Crippen LogP contribution in [-0.2, 0) is 10.8 Å². The van der Waals surface area contributed by atoms with E-state index in [0.717, 1.165) is 3.57 Å². The molecule has 0 saturated heterocycles. The van der Waals surface area contributed by atoms with Crippen molar-refractivity contribution in [3.05, 3.63) is 15.2 Å². The highest BCUT2D eigenvalue weighted by Gasteiger charge is 2.12. The largest absolute Gasteiger partial charge is 0.480 e. The number of hydrogen-bond acceptors (Lipinski definition) is 4. The van der Waals surface area contributed by atoms with Crippen molar-refractivity contribution in [1.29, 1.82) is 5.26 Å². The molecule has 0 aliphatic carbocycles. The van der Waals surface area contributed by atoms with Crippen LogP contribution in [0.25, 0.3) is 0 Å². The first-order valence-electron chi connectivity index (χ1n) is 3.58. The normalized spacial score (nSPS) is 11.9. The lowest BCUT2D eigenvalue weighted by atomic mass is 10.3. The first-order chi connectivity index (χ1) is 6.60. The second kappa shape index (κ2) is 4.70. The van der Waals surface area contributed by atoms with Gasteiger partial charge in [0.25, 0.3) is 0 Å². The first-order valence-corrected chi connectivity index (χ1v) is 6.22. The van der Waals surface area contributed by atoms with Gasteiger partial charge < -0.3 is 4.74 Å². The average Bonchev–Trinajstić information content (AvgIpc) is 2.16. The predicted molar refractivity (Wildman–Crippen MR) is 60.6 cm³/mol. The summed E-state index contributed by atoms with van der Waals surface area (Å²) < 4.78 is 16.9. The van der Waals surface area contributed by atoms with Crippen molar-refractivity contribution in [2.24, 2.45) is 0 Å². The summed E-state index contributed by atoms with van der Waals surface area (Å²) in [4.78, 5) is 4.01. The lowest BCUT2D eigenvalue weighted by Crippen LogP contribution is -2.01. The van der Waals surface area contributed by atoms with Crippen molar-refractivity contribution < 1.29 is 8.95 Å². The molecule has 0 spiro atoms. The van der Waals surface area contributed by atoms with E-state index in [0.29, 0.717) is 11.4 Å². The molecule has 74 valence electrons. The Morgan fingerprint density at radius 3 is 2.79 bits per heavy atom. The van der Waals surface area contributed by atoms with Crippen LogP contribution >= 0.6 is 22.6 Å². The molecule has 0 N–H and O–H groups in total. The van der Waals surface area contributed by atoms with Gasteiger partial charge in [0.2, 0.25) is 5.88 Å². The van der Waals surface area contributed by atoms with Gasteiger partial charge in [-0.25, -0.2) is 4.98 Å². The summed E-state index contributed by atoms with van der Waals surface area (Å²) in [6, 6.07) is 3.57. The molecule has 0 fully saturated rings. The van der Waals surface area contributed by atoms with Crippen molar-refractivity contribution in [2.75, 3.05) is 13.4 Å². The van der Waals surface area contributed by atoms with Crippen LogP contribution in [0.4, 0.5) is 0 Å². The van der Waals surface area contributed by atoms with Crippen LogP contribution in [0.3, 0.4) is 0 Å². The van der Waals surface area contributed by atoms with Crippen LogP contribution in [0.2, 0.25) is 0 Å². The highest BCUT2D eigenvalue weighted by Crippen LogP contribution is 2.22. The molecule has 0 aliphatic rings. The van der Waals surface area contributed by atoms with Crippen LogP contribution in [0.5, 0.6) is 5.88 Å².